The number of pyridine rings is 1. The van der Waals surface area contributed by atoms with Gasteiger partial charge in [-0.05, 0) is 25.1 Å². The van der Waals surface area contributed by atoms with E-state index in [1.807, 2.05) is 6.92 Å². The first-order valence-electron chi connectivity index (χ1n) is 7.05. The second-order valence-electron chi connectivity index (χ2n) is 5.13. The van der Waals surface area contributed by atoms with Crippen LogP contribution in [-0.2, 0) is 6.18 Å². The second-order valence-corrected chi connectivity index (χ2v) is 5.13. The largest absolute Gasteiger partial charge is 0.416 e. The van der Waals surface area contributed by atoms with Crippen LogP contribution in [0.15, 0.2) is 30.5 Å². The van der Waals surface area contributed by atoms with Crippen molar-refractivity contribution >= 4 is 16.6 Å². The molecule has 4 nitrogen and oxygen atoms in total. The molecule has 22 heavy (non-hydrogen) atoms. The number of rotatable bonds is 6. The fraction of sp³-hybridized carbons (Fsp3) is 0.400. The van der Waals surface area contributed by atoms with Gasteiger partial charge in [-0.1, -0.05) is 6.07 Å². The number of hydrogen-bond donors (Lipinski definition) is 3. The molecule has 0 aliphatic rings. The Balaban J connectivity index is 2.20. The van der Waals surface area contributed by atoms with E-state index in [1.165, 1.54) is 12.3 Å². The number of nitrogens with one attached hydrogen (secondary N) is 2. The van der Waals surface area contributed by atoms with Crippen molar-refractivity contribution in [2.45, 2.75) is 19.1 Å². The molecule has 1 unspecified atom stereocenters. The van der Waals surface area contributed by atoms with Gasteiger partial charge in [-0.25, -0.2) is 0 Å². The van der Waals surface area contributed by atoms with Gasteiger partial charge in [0, 0.05) is 42.9 Å². The first-order valence-corrected chi connectivity index (χ1v) is 7.05. The molecular weight excluding hydrogens is 293 g/mol. The minimum atomic E-state index is -4.36. The van der Waals surface area contributed by atoms with Crippen LogP contribution in [-0.4, -0.2) is 30.7 Å². The molecule has 2 rings (SSSR count). The van der Waals surface area contributed by atoms with Crippen LogP contribution in [0.1, 0.15) is 12.5 Å². The molecule has 0 amide bonds. The third-order valence-corrected chi connectivity index (χ3v) is 3.24. The Bertz CT molecular complexity index is 628. The predicted octanol–water partition coefficient (Wildman–Crippen LogP) is 2.60. The maximum absolute atomic E-state index is 12.7. The maximum Gasteiger partial charge on any atom is 0.416 e. The summed E-state index contributed by atoms with van der Waals surface area (Å²) in [6, 6.07) is 5.46. The summed E-state index contributed by atoms with van der Waals surface area (Å²) in [5.74, 6) is 0. The monoisotopic (exact) mass is 312 g/mol. The summed E-state index contributed by atoms with van der Waals surface area (Å²) in [7, 11) is 0. The van der Waals surface area contributed by atoms with Crippen molar-refractivity contribution in [1.82, 2.24) is 10.3 Å². The summed E-state index contributed by atoms with van der Waals surface area (Å²) in [4.78, 5) is 4.03. The number of hydrogen-bond acceptors (Lipinski definition) is 4. The number of anilines is 1. The highest BCUT2D eigenvalue weighted by atomic mass is 19.4. The highest BCUT2D eigenvalue weighted by Gasteiger charge is 2.30. The van der Waals surface area contributed by atoms with Crippen LogP contribution in [0.25, 0.3) is 10.9 Å². The van der Waals surface area contributed by atoms with Crippen molar-refractivity contribution < 1.29 is 13.2 Å². The normalized spacial score (nSPS) is 13.3. The topological polar surface area (TPSA) is 63.0 Å². The van der Waals surface area contributed by atoms with E-state index in [0.717, 1.165) is 24.4 Å². The molecule has 1 aromatic heterocycles. The van der Waals surface area contributed by atoms with Crippen LogP contribution in [0.2, 0.25) is 0 Å². The molecule has 0 spiro atoms. The molecule has 0 bridgehead atoms. The SMILES string of the molecule is CC(CNCCN)Nc1ccnc2cc(C(F)(F)F)ccc12. The summed E-state index contributed by atoms with van der Waals surface area (Å²) >= 11 is 0. The van der Waals surface area contributed by atoms with E-state index in [4.69, 9.17) is 5.73 Å². The Morgan fingerprint density at radius 2 is 2.05 bits per heavy atom. The van der Waals surface area contributed by atoms with Gasteiger partial charge in [-0.3, -0.25) is 4.98 Å². The Kier molecular flexibility index (Phi) is 5.20. The molecule has 7 heteroatoms. The molecule has 1 atom stereocenters. The average Bonchev–Trinajstić information content (AvgIpc) is 2.46. The summed E-state index contributed by atoms with van der Waals surface area (Å²) in [6.45, 7) is 3.98. The summed E-state index contributed by atoms with van der Waals surface area (Å²) in [6.07, 6.45) is -2.86. The fourth-order valence-electron chi connectivity index (χ4n) is 2.19. The van der Waals surface area contributed by atoms with Crippen molar-refractivity contribution in [3.05, 3.63) is 36.0 Å². The molecule has 1 aromatic carbocycles. The van der Waals surface area contributed by atoms with Gasteiger partial charge in [0.05, 0.1) is 11.1 Å². The minimum absolute atomic E-state index is 0.111. The Morgan fingerprint density at radius 1 is 1.27 bits per heavy atom. The van der Waals surface area contributed by atoms with Crippen molar-refractivity contribution in [3.8, 4) is 0 Å². The zero-order chi connectivity index (χ0) is 16.2. The van der Waals surface area contributed by atoms with Crippen LogP contribution in [0.3, 0.4) is 0 Å². The lowest BCUT2D eigenvalue weighted by molar-refractivity contribution is -0.137. The predicted molar refractivity (Wildman–Crippen MR) is 81.8 cm³/mol. The lowest BCUT2D eigenvalue weighted by Gasteiger charge is -2.17. The zero-order valence-electron chi connectivity index (χ0n) is 12.2. The van der Waals surface area contributed by atoms with Crippen LogP contribution in [0.4, 0.5) is 18.9 Å². The molecular formula is C15H19F3N4. The fourth-order valence-corrected chi connectivity index (χ4v) is 2.19. The standard InChI is InChI=1S/C15H19F3N4/c1-10(9-20-7-5-19)22-13-4-6-21-14-8-11(15(16,17)18)2-3-12(13)14/h2-4,6,8,10,20H,5,7,9,19H2,1H3,(H,21,22). The van der Waals surface area contributed by atoms with Crippen molar-refractivity contribution in [2.75, 3.05) is 25.0 Å². The van der Waals surface area contributed by atoms with Gasteiger partial charge < -0.3 is 16.4 Å². The molecule has 0 radical (unpaired) electrons. The van der Waals surface area contributed by atoms with Crippen LogP contribution < -0.4 is 16.4 Å². The number of nitrogens with two attached hydrogens (primary N) is 1. The molecule has 0 fully saturated rings. The summed E-state index contributed by atoms with van der Waals surface area (Å²) in [5, 5.41) is 7.13. The van der Waals surface area contributed by atoms with E-state index in [-0.39, 0.29) is 6.04 Å². The van der Waals surface area contributed by atoms with E-state index in [0.29, 0.717) is 24.0 Å². The quantitative estimate of drug-likeness (QED) is 0.718. The first-order chi connectivity index (χ1) is 10.4. The van der Waals surface area contributed by atoms with E-state index < -0.39 is 11.7 Å². The Morgan fingerprint density at radius 3 is 2.73 bits per heavy atom. The molecule has 0 saturated carbocycles. The second kappa shape index (κ2) is 6.93. The van der Waals surface area contributed by atoms with Crippen molar-refractivity contribution in [3.63, 3.8) is 0 Å². The van der Waals surface area contributed by atoms with E-state index in [2.05, 4.69) is 15.6 Å². The van der Waals surface area contributed by atoms with Gasteiger partial charge in [-0.15, -0.1) is 0 Å². The third-order valence-electron chi connectivity index (χ3n) is 3.24. The molecule has 1 heterocycles. The highest BCUT2D eigenvalue weighted by Crippen LogP contribution is 2.32. The van der Waals surface area contributed by atoms with Crippen LogP contribution in [0, 0.1) is 0 Å². The lowest BCUT2D eigenvalue weighted by Crippen LogP contribution is -2.33. The van der Waals surface area contributed by atoms with E-state index in [1.54, 1.807) is 6.07 Å². The number of aromatic nitrogens is 1. The van der Waals surface area contributed by atoms with Crippen LogP contribution >= 0.6 is 0 Å². The van der Waals surface area contributed by atoms with Gasteiger partial charge >= 0.3 is 6.18 Å². The Labute approximate surface area is 126 Å². The summed E-state index contributed by atoms with van der Waals surface area (Å²) in [5.41, 5.74) is 5.80. The number of nitrogens with zero attached hydrogens (tertiary/aromatic N) is 1. The summed E-state index contributed by atoms with van der Waals surface area (Å²) < 4.78 is 38.2. The number of alkyl halides is 3. The average molecular weight is 312 g/mol. The molecule has 0 aliphatic heterocycles. The van der Waals surface area contributed by atoms with Crippen LogP contribution in [0.5, 0.6) is 0 Å². The molecule has 4 N–H and O–H groups in total. The molecule has 0 aliphatic carbocycles. The maximum atomic E-state index is 12.7. The van der Waals surface area contributed by atoms with Crippen molar-refractivity contribution in [2.24, 2.45) is 5.73 Å². The molecule has 0 saturated heterocycles. The van der Waals surface area contributed by atoms with Gasteiger partial charge in [0.15, 0.2) is 0 Å². The lowest BCUT2D eigenvalue weighted by atomic mass is 10.1. The van der Waals surface area contributed by atoms with Gasteiger partial charge in [0.2, 0.25) is 0 Å². The smallest absolute Gasteiger partial charge is 0.381 e. The van der Waals surface area contributed by atoms with Crippen molar-refractivity contribution in [1.29, 1.82) is 0 Å². The van der Waals surface area contributed by atoms with Gasteiger partial charge in [0.1, 0.15) is 0 Å². The minimum Gasteiger partial charge on any atom is -0.381 e. The molecule has 120 valence electrons. The molecule has 2 aromatic rings. The number of benzene rings is 1. The third kappa shape index (κ3) is 4.08. The van der Waals surface area contributed by atoms with Gasteiger partial charge in [0.25, 0.3) is 0 Å². The zero-order valence-corrected chi connectivity index (χ0v) is 12.2. The highest BCUT2D eigenvalue weighted by molar-refractivity contribution is 5.91. The Hall–Kier alpha value is -1.86. The van der Waals surface area contributed by atoms with E-state index in [9.17, 15) is 13.2 Å². The van der Waals surface area contributed by atoms with E-state index >= 15 is 0 Å². The first kappa shape index (κ1) is 16.5. The number of halogens is 3. The number of fused-ring (bicyclic) bond motifs is 1. The van der Waals surface area contributed by atoms with Gasteiger partial charge in [-0.2, -0.15) is 13.2 Å².